The van der Waals surface area contributed by atoms with Gasteiger partial charge in [-0.1, -0.05) is 0 Å². The molecule has 0 aliphatic carbocycles. The highest BCUT2D eigenvalue weighted by Crippen LogP contribution is 2.08. The van der Waals surface area contributed by atoms with Crippen LogP contribution < -0.4 is 5.73 Å². The highest BCUT2D eigenvalue weighted by atomic mass is 16.5. The molecule has 2 N–H and O–H groups in total. The SMILES string of the molecule is CC(C)OCCn1cncc1[C@H](C)N. The van der Waals surface area contributed by atoms with E-state index in [1.807, 2.05) is 25.3 Å². The van der Waals surface area contributed by atoms with Gasteiger partial charge in [-0.2, -0.15) is 0 Å². The average molecular weight is 197 g/mol. The van der Waals surface area contributed by atoms with E-state index in [2.05, 4.69) is 4.98 Å². The van der Waals surface area contributed by atoms with E-state index in [0.29, 0.717) is 6.61 Å². The molecule has 0 spiro atoms. The number of hydrogen-bond donors (Lipinski definition) is 1. The van der Waals surface area contributed by atoms with E-state index in [9.17, 15) is 0 Å². The molecule has 0 radical (unpaired) electrons. The number of imidazole rings is 1. The second kappa shape index (κ2) is 5.12. The van der Waals surface area contributed by atoms with E-state index < -0.39 is 0 Å². The van der Waals surface area contributed by atoms with Gasteiger partial charge in [-0.25, -0.2) is 4.98 Å². The Labute approximate surface area is 85.1 Å². The van der Waals surface area contributed by atoms with Gasteiger partial charge in [0.25, 0.3) is 0 Å². The van der Waals surface area contributed by atoms with E-state index in [1.165, 1.54) is 0 Å². The number of rotatable bonds is 5. The van der Waals surface area contributed by atoms with Crippen LogP contribution in [0.4, 0.5) is 0 Å². The van der Waals surface area contributed by atoms with Crippen molar-refractivity contribution in [2.75, 3.05) is 6.61 Å². The van der Waals surface area contributed by atoms with Crippen molar-refractivity contribution in [2.24, 2.45) is 5.73 Å². The fraction of sp³-hybridized carbons (Fsp3) is 0.700. The van der Waals surface area contributed by atoms with Crippen molar-refractivity contribution in [3.05, 3.63) is 18.2 Å². The smallest absolute Gasteiger partial charge is 0.0949 e. The minimum absolute atomic E-state index is 0.0246. The Morgan fingerprint density at radius 1 is 1.50 bits per heavy atom. The van der Waals surface area contributed by atoms with E-state index in [4.69, 9.17) is 10.5 Å². The second-order valence-electron chi connectivity index (χ2n) is 3.72. The van der Waals surface area contributed by atoms with Crippen LogP contribution in [0.25, 0.3) is 0 Å². The quantitative estimate of drug-likeness (QED) is 0.774. The molecule has 0 amide bonds. The number of hydrogen-bond acceptors (Lipinski definition) is 3. The normalized spacial score (nSPS) is 13.5. The lowest BCUT2D eigenvalue weighted by Gasteiger charge is -2.12. The Morgan fingerprint density at radius 2 is 2.21 bits per heavy atom. The van der Waals surface area contributed by atoms with Crippen molar-refractivity contribution in [2.45, 2.75) is 39.5 Å². The fourth-order valence-corrected chi connectivity index (χ4v) is 1.28. The summed E-state index contributed by atoms with van der Waals surface area (Å²) in [6.07, 6.45) is 3.87. The van der Waals surface area contributed by atoms with Crippen LogP contribution in [-0.2, 0) is 11.3 Å². The summed E-state index contributed by atoms with van der Waals surface area (Å²) in [5.74, 6) is 0. The molecule has 0 saturated carbocycles. The molecule has 1 aromatic rings. The maximum absolute atomic E-state index is 5.79. The van der Waals surface area contributed by atoms with Crippen LogP contribution >= 0.6 is 0 Å². The van der Waals surface area contributed by atoms with Gasteiger partial charge < -0.3 is 15.0 Å². The predicted molar refractivity (Wildman–Crippen MR) is 55.9 cm³/mol. The summed E-state index contributed by atoms with van der Waals surface area (Å²) in [6.45, 7) is 7.53. The fourth-order valence-electron chi connectivity index (χ4n) is 1.28. The van der Waals surface area contributed by atoms with E-state index in [-0.39, 0.29) is 12.1 Å². The first-order valence-corrected chi connectivity index (χ1v) is 4.98. The van der Waals surface area contributed by atoms with Gasteiger partial charge in [0.2, 0.25) is 0 Å². The first-order chi connectivity index (χ1) is 6.61. The molecule has 0 bridgehead atoms. The Bertz CT molecular complexity index is 268. The number of nitrogens with zero attached hydrogens (tertiary/aromatic N) is 2. The molecule has 0 aliphatic rings. The van der Waals surface area contributed by atoms with Gasteiger partial charge in [-0.15, -0.1) is 0 Å². The molecule has 0 aromatic carbocycles. The third-order valence-corrected chi connectivity index (χ3v) is 1.99. The average Bonchev–Trinajstić information content (AvgIpc) is 2.51. The summed E-state index contributed by atoms with van der Waals surface area (Å²) in [5.41, 5.74) is 6.84. The largest absolute Gasteiger partial charge is 0.377 e. The van der Waals surface area contributed by atoms with Gasteiger partial charge in [0.05, 0.1) is 24.7 Å². The molecule has 0 unspecified atom stereocenters. The summed E-state index contributed by atoms with van der Waals surface area (Å²) in [6, 6.07) is 0.0246. The van der Waals surface area contributed by atoms with Gasteiger partial charge in [0, 0.05) is 18.8 Å². The standard InChI is InChI=1S/C10H19N3O/c1-8(2)14-5-4-13-7-12-6-10(13)9(3)11/h6-9H,4-5,11H2,1-3H3/t9-/m0/s1. The van der Waals surface area contributed by atoms with Gasteiger partial charge >= 0.3 is 0 Å². The Balaban J connectivity index is 2.46. The molecular weight excluding hydrogens is 178 g/mol. The molecule has 0 aliphatic heterocycles. The molecule has 4 nitrogen and oxygen atoms in total. The van der Waals surface area contributed by atoms with Crippen molar-refractivity contribution in [1.29, 1.82) is 0 Å². The van der Waals surface area contributed by atoms with Gasteiger partial charge in [-0.05, 0) is 20.8 Å². The summed E-state index contributed by atoms with van der Waals surface area (Å²) in [4.78, 5) is 4.07. The molecule has 0 fully saturated rings. The van der Waals surface area contributed by atoms with E-state index in [0.717, 1.165) is 12.2 Å². The highest BCUT2D eigenvalue weighted by Gasteiger charge is 2.06. The molecular formula is C10H19N3O. The maximum atomic E-state index is 5.79. The van der Waals surface area contributed by atoms with Crippen LogP contribution in [0.1, 0.15) is 32.5 Å². The molecule has 1 atom stereocenters. The van der Waals surface area contributed by atoms with Crippen LogP contribution in [0.3, 0.4) is 0 Å². The van der Waals surface area contributed by atoms with Crippen molar-refractivity contribution in [3.8, 4) is 0 Å². The Kier molecular flexibility index (Phi) is 4.10. The van der Waals surface area contributed by atoms with Crippen molar-refractivity contribution in [1.82, 2.24) is 9.55 Å². The van der Waals surface area contributed by atoms with Crippen LogP contribution in [0.15, 0.2) is 12.5 Å². The topological polar surface area (TPSA) is 53.1 Å². The minimum Gasteiger partial charge on any atom is -0.377 e. The Hall–Kier alpha value is -0.870. The molecule has 80 valence electrons. The number of ether oxygens (including phenoxy) is 1. The van der Waals surface area contributed by atoms with Gasteiger partial charge in [0.15, 0.2) is 0 Å². The lowest BCUT2D eigenvalue weighted by atomic mass is 10.3. The summed E-state index contributed by atoms with van der Waals surface area (Å²) in [7, 11) is 0. The third-order valence-electron chi connectivity index (χ3n) is 1.99. The lowest BCUT2D eigenvalue weighted by molar-refractivity contribution is 0.0722. The zero-order valence-electron chi connectivity index (χ0n) is 9.10. The Morgan fingerprint density at radius 3 is 2.79 bits per heavy atom. The van der Waals surface area contributed by atoms with Crippen LogP contribution in [0.5, 0.6) is 0 Å². The van der Waals surface area contributed by atoms with Gasteiger partial charge in [-0.3, -0.25) is 0 Å². The molecule has 1 rings (SSSR count). The third kappa shape index (κ3) is 3.12. The zero-order valence-corrected chi connectivity index (χ0v) is 9.10. The van der Waals surface area contributed by atoms with Gasteiger partial charge in [0.1, 0.15) is 0 Å². The predicted octanol–water partition coefficient (Wildman–Crippen LogP) is 1.33. The van der Waals surface area contributed by atoms with Crippen LogP contribution in [0.2, 0.25) is 0 Å². The summed E-state index contributed by atoms with van der Waals surface area (Å²) < 4.78 is 7.50. The molecule has 4 heteroatoms. The molecule has 1 heterocycles. The monoisotopic (exact) mass is 197 g/mol. The minimum atomic E-state index is 0.0246. The highest BCUT2D eigenvalue weighted by molar-refractivity contribution is 5.02. The van der Waals surface area contributed by atoms with Crippen LogP contribution in [-0.4, -0.2) is 22.3 Å². The van der Waals surface area contributed by atoms with Crippen molar-refractivity contribution in [3.63, 3.8) is 0 Å². The maximum Gasteiger partial charge on any atom is 0.0949 e. The zero-order chi connectivity index (χ0) is 10.6. The molecule has 1 aromatic heterocycles. The van der Waals surface area contributed by atoms with Crippen molar-refractivity contribution >= 4 is 0 Å². The number of nitrogens with two attached hydrogens (primary N) is 1. The first-order valence-electron chi connectivity index (χ1n) is 4.98. The summed E-state index contributed by atoms with van der Waals surface area (Å²) >= 11 is 0. The van der Waals surface area contributed by atoms with Crippen LogP contribution in [0, 0.1) is 0 Å². The van der Waals surface area contributed by atoms with E-state index in [1.54, 1.807) is 12.5 Å². The molecule has 0 saturated heterocycles. The molecule has 14 heavy (non-hydrogen) atoms. The lowest BCUT2D eigenvalue weighted by Crippen LogP contribution is -2.15. The number of aromatic nitrogens is 2. The van der Waals surface area contributed by atoms with E-state index >= 15 is 0 Å². The first kappa shape index (κ1) is 11.2. The van der Waals surface area contributed by atoms with Crippen molar-refractivity contribution < 1.29 is 4.74 Å². The second-order valence-corrected chi connectivity index (χ2v) is 3.72. The summed E-state index contributed by atoms with van der Waals surface area (Å²) in [5, 5.41) is 0.